The van der Waals surface area contributed by atoms with Gasteiger partial charge in [0.15, 0.2) is 0 Å². The minimum Gasteiger partial charge on any atom is -0.0937 e. The van der Waals surface area contributed by atoms with Gasteiger partial charge >= 0.3 is 0 Å². The summed E-state index contributed by atoms with van der Waals surface area (Å²) in [4.78, 5) is 0. The lowest BCUT2D eigenvalue weighted by molar-refractivity contribution is 1.56. The Hall–Kier alpha value is -1.39. The Morgan fingerprint density at radius 2 is 1.47 bits per heavy atom. The highest BCUT2D eigenvalue weighted by Crippen LogP contribution is 2.23. The van der Waals surface area contributed by atoms with Crippen molar-refractivity contribution in [2.45, 2.75) is 19.6 Å². The summed E-state index contributed by atoms with van der Waals surface area (Å²) in [5, 5.41) is 1.50. The molecule has 0 N–H and O–H groups in total. The molecule has 0 nitrogen and oxygen atoms in total. The SMILES string of the molecule is C[Si](C)(C)c1ccccc1C(=C[Si])c1ccccc1. The predicted molar refractivity (Wildman–Crippen MR) is 88.7 cm³/mol. The van der Waals surface area contributed by atoms with E-state index in [4.69, 9.17) is 0 Å². The molecule has 2 aromatic carbocycles. The molecule has 0 aliphatic heterocycles. The number of benzene rings is 2. The minimum absolute atomic E-state index is 1.25. The van der Waals surface area contributed by atoms with Gasteiger partial charge in [0.2, 0.25) is 0 Å². The maximum absolute atomic E-state index is 3.60. The van der Waals surface area contributed by atoms with Crippen molar-refractivity contribution in [3.8, 4) is 0 Å². The van der Waals surface area contributed by atoms with Crippen LogP contribution in [0.2, 0.25) is 19.6 Å². The van der Waals surface area contributed by atoms with Gasteiger partial charge in [-0.15, -0.1) is 0 Å². The molecule has 0 aliphatic carbocycles. The van der Waals surface area contributed by atoms with Crippen molar-refractivity contribution < 1.29 is 0 Å². The molecule has 3 radical (unpaired) electrons. The molecule has 2 heteroatoms. The van der Waals surface area contributed by atoms with Crippen molar-refractivity contribution in [2.24, 2.45) is 0 Å². The van der Waals surface area contributed by atoms with E-state index in [1.165, 1.54) is 21.9 Å². The first-order chi connectivity index (χ1) is 9.04. The third-order valence-corrected chi connectivity index (χ3v) is 5.60. The molecule has 0 fully saturated rings. The van der Waals surface area contributed by atoms with Crippen LogP contribution in [0.25, 0.3) is 5.57 Å². The van der Waals surface area contributed by atoms with Gasteiger partial charge in [-0.2, -0.15) is 0 Å². The van der Waals surface area contributed by atoms with Gasteiger partial charge in [-0.25, -0.2) is 0 Å². The summed E-state index contributed by atoms with van der Waals surface area (Å²) in [6.07, 6.45) is 0. The summed E-state index contributed by atoms with van der Waals surface area (Å²) < 4.78 is 0. The fraction of sp³-hybridized carbons (Fsp3) is 0.176. The lowest BCUT2D eigenvalue weighted by Gasteiger charge is -2.22. The average Bonchev–Trinajstić information content (AvgIpc) is 2.40. The van der Waals surface area contributed by atoms with E-state index in [9.17, 15) is 0 Å². The molecular weight excluding hydrogens is 260 g/mol. The Morgan fingerprint density at radius 3 is 2.05 bits per heavy atom. The van der Waals surface area contributed by atoms with Crippen LogP contribution in [0.4, 0.5) is 0 Å². The number of hydrogen-bond acceptors (Lipinski definition) is 0. The molecule has 2 aromatic rings. The number of rotatable bonds is 3. The van der Waals surface area contributed by atoms with Crippen LogP contribution >= 0.6 is 0 Å². The molecule has 0 saturated carbocycles. The Morgan fingerprint density at radius 1 is 0.895 bits per heavy atom. The van der Waals surface area contributed by atoms with Crippen LogP contribution in [0.15, 0.2) is 60.3 Å². The first-order valence-electron chi connectivity index (χ1n) is 6.57. The van der Waals surface area contributed by atoms with Crippen LogP contribution in [0.5, 0.6) is 0 Å². The van der Waals surface area contributed by atoms with E-state index < -0.39 is 8.07 Å². The summed E-state index contributed by atoms with van der Waals surface area (Å²) in [5.41, 5.74) is 5.90. The molecule has 0 heterocycles. The highest BCUT2D eigenvalue weighted by Gasteiger charge is 2.21. The van der Waals surface area contributed by atoms with Crippen molar-refractivity contribution in [1.29, 1.82) is 0 Å². The summed E-state index contributed by atoms with van der Waals surface area (Å²) in [6, 6.07) is 19.3. The third kappa shape index (κ3) is 3.14. The Kier molecular flexibility index (Phi) is 4.22. The van der Waals surface area contributed by atoms with Gasteiger partial charge in [-0.3, -0.25) is 0 Å². The molecule has 0 bridgehead atoms. The Balaban J connectivity index is 2.58. The van der Waals surface area contributed by atoms with Crippen molar-refractivity contribution in [3.05, 3.63) is 71.4 Å². The molecular formula is C17H19Si2. The fourth-order valence-corrected chi connectivity index (χ4v) is 4.25. The highest BCUT2D eigenvalue weighted by atomic mass is 28.3. The molecule has 2 rings (SSSR count). The molecule has 0 atom stereocenters. The average molecular weight is 280 g/mol. The zero-order chi connectivity index (χ0) is 13.9. The summed E-state index contributed by atoms with van der Waals surface area (Å²) in [5.74, 6) is 0. The fourth-order valence-electron chi connectivity index (χ4n) is 2.31. The summed E-state index contributed by atoms with van der Waals surface area (Å²) in [7, 11) is 2.24. The number of hydrogen-bond donors (Lipinski definition) is 0. The van der Waals surface area contributed by atoms with E-state index in [1.54, 1.807) is 0 Å². The second-order valence-corrected chi connectivity index (χ2v) is 11.0. The van der Waals surface area contributed by atoms with Crippen molar-refractivity contribution >= 4 is 29.1 Å². The van der Waals surface area contributed by atoms with Gasteiger partial charge in [0.1, 0.15) is 0 Å². The van der Waals surface area contributed by atoms with Crippen LogP contribution in [0.3, 0.4) is 0 Å². The molecule has 0 aliphatic rings. The molecule has 95 valence electrons. The van der Waals surface area contributed by atoms with Gasteiger partial charge in [0.25, 0.3) is 0 Å². The van der Waals surface area contributed by atoms with Crippen LogP contribution in [0, 0.1) is 0 Å². The maximum atomic E-state index is 3.60. The quantitative estimate of drug-likeness (QED) is 0.750. The normalized spacial score (nSPS) is 12.5. The van der Waals surface area contributed by atoms with E-state index in [1.807, 2.05) is 5.70 Å². The molecule has 0 amide bonds. The summed E-state index contributed by atoms with van der Waals surface area (Å²) in [6.45, 7) is 7.17. The molecule has 0 aromatic heterocycles. The van der Waals surface area contributed by atoms with Crippen molar-refractivity contribution in [3.63, 3.8) is 0 Å². The topological polar surface area (TPSA) is 0 Å². The van der Waals surface area contributed by atoms with Gasteiger partial charge < -0.3 is 0 Å². The monoisotopic (exact) mass is 279 g/mol. The third-order valence-electron chi connectivity index (χ3n) is 3.25. The van der Waals surface area contributed by atoms with Crippen LogP contribution in [-0.4, -0.2) is 18.3 Å². The highest BCUT2D eigenvalue weighted by molar-refractivity contribution is 6.89. The second kappa shape index (κ2) is 5.72. The molecule has 0 saturated heterocycles. The lowest BCUT2D eigenvalue weighted by atomic mass is 9.99. The lowest BCUT2D eigenvalue weighted by Crippen LogP contribution is -2.39. The summed E-state index contributed by atoms with van der Waals surface area (Å²) >= 11 is 0. The Bertz CT molecular complexity index is 578. The second-order valence-electron chi connectivity index (χ2n) is 5.72. The van der Waals surface area contributed by atoms with Gasteiger partial charge in [0.05, 0.1) is 18.3 Å². The van der Waals surface area contributed by atoms with Crippen molar-refractivity contribution in [2.75, 3.05) is 0 Å². The van der Waals surface area contributed by atoms with Gasteiger partial charge in [-0.05, 0) is 16.7 Å². The molecule has 0 spiro atoms. The van der Waals surface area contributed by atoms with Crippen molar-refractivity contribution in [1.82, 2.24) is 0 Å². The largest absolute Gasteiger partial charge is 0.0937 e. The van der Waals surface area contributed by atoms with E-state index in [0.717, 1.165) is 0 Å². The first kappa shape index (κ1) is 14.0. The first-order valence-corrected chi connectivity index (χ1v) is 10.6. The van der Waals surface area contributed by atoms with Gasteiger partial charge in [-0.1, -0.05) is 85.1 Å². The van der Waals surface area contributed by atoms with E-state index >= 15 is 0 Å². The predicted octanol–water partition coefficient (Wildman–Crippen LogP) is 3.79. The van der Waals surface area contributed by atoms with Crippen LogP contribution in [0.1, 0.15) is 11.1 Å². The minimum atomic E-state index is -1.35. The molecule has 19 heavy (non-hydrogen) atoms. The van der Waals surface area contributed by atoms with Crippen LogP contribution in [-0.2, 0) is 0 Å². The Labute approximate surface area is 120 Å². The van der Waals surface area contributed by atoms with Gasteiger partial charge in [0, 0.05) is 0 Å². The van der Waals surface area contributed by atoms with E-state index in [0.29, 0.717) is 0 Å². The molecule has 0 unspecified atom stereocenters. The standard InChI is InChI=1S/C17H19Si2/c1-19(2,3)17-12-8-7-11-15(17)16(13-18)14-9-5-4-6-10-14/h4-13H,1-3H3. The van der Waals surface area contributed by atoms with Crippen LogP contribution < -0.4 is 5.19 Å². The van der Waals surface area contributed by atoms with E-state index in [2.05, 4.69) is 84.5 Å². The smallest absolute Gasteiger partial charge is 0.0784 e. The van der Waals surface area contributed by atoms with E-state index in [-0.39, 0.29) is 0 Å². The zero-order valence-electron chi connectivity index (χ0n) is 11.8. The maximum Gasteiger partial charge on any atom is 0.0784 e. The zero-order valence-corrected chi connectivity index (χ0v) is 13.8.